The molecule has 2 N–H and O–H groups in total. The van der Waals surface area contributed by atoms with E-state index in [1.54, 1.807) is 20.0 Å². The number of aliphatic hydroxyl groups is 1. The van der Waals surface area contributed by atoms with Gasteiger partial charge in [-0.2, -0.15) is 4.98 Å². The molecule has 0 aliphatic carbocycles. The Hall–Kier alpha value is -0.520. The number of rotatable bonds is 3. The van der Waals surface area contributed by atoms with E-state index in [9.17, 15) is 9.66 Å². The van der Waals surface area contributed by atoms with Crippen LogP contribution < -0.4 is 0 Å². The summed E-state index contributed by atoms with van der Waals surface area (Å²) >= 11 is -1.24. The van der Waals surface area contributed by atoms with Crippen molar-refractivity contribution in [2.45, 2.75) is 24.6 Å². The highest BCUT2D eigenvalue weighted by atomic mass is 32.2. The summed E-state index contributed by atoms with van der Waals surface area (Å²) in [5.74, 6) is 0.195. The molecule has 0 spiro atoms. The summed E-state index contributed by atoms with van der Waals surface area (Å²) < 4.78 is 11.4. The number of aromatic nitrogens is 2. The van der Waals surface area contributed by atoms with Crippen LogP contribution in [0.2, 0.25) is 0 Å². The zero-order valence-electron chi connectivity index (χ0n) is 7.07. The third-order valence-corrected chi connectivity index (χ3v) is 2.80. The average Bonchev–Trinajstić information content (AvgIpc) is 2.32. The molecule has 12 heavy (non-hydrogen) atoms. The molecule has 1 heterocycles. The van der Waals surface area contributed by atoms with E-state index >= 15 is 0 Å². The molecule has 1 atom stereocenters. The van der Waals surface area contributed by atoms with E-state index in [1.807, 2.05) is 0 Å². The van der Waals surface area contributed by atoms with Gasteiger partial charge in [-0.05, 0) is 13.8 Å². The molecule has 0 aromatic carbocycles. The fraction of sp³-hybridized carbons (Fsp3) is 0.571. The molecule has 5 heteroatoms. The lowest BCUT2D eigenvalue weighted by Gasteiger charge is -2.17. The Kier molecular flexibility index (Phi) is 2.76. The van der Waals surface area contributed by atoms with E-state index in [1.165, 1.54) is 6.20 Å². The van der Waals surface area contributed by atoms with Crippen LogP contribution in [-0.2, 0) is 11.2 Å². The number of nitrogens with one attached hydrogen (secondary N) is 1. The molecule has 1 unspecified atom stereocenters. The fourth-order valence-corrected chi connectivity index (χ4v) is 1.92. The van der Waals surface area contributed by atoms with Crippen molar-refractivity contribution in [2.24, 2.45) is 0 Å². The van der Waals surface area contributed by atoms with Crippen LogP contribution >= 0.6 is 0 Å². The second-order valence-electron chi connectivity index (χ2n) is 3.20. The zero-order chi connectivity index (χ0) is 9.19. The van der Waals surface area contributed by atoms with Gasteiger partial charge < -0.3 is 14.6 Å². The van der Waals surface area contributed by atoms with Gasteiger partial charge in [0.2, 0.25) is 0 Å². The summed E-state index contributed by atoms with van der Waals surface area (Å²) in [5, 5.41) is 9.77. The summed E-state index contributed by atoms with van der Waals surface area (Å²) in [4.78, 5) is 6.57. The van der Waals surface area contributed by atoms with Gasteiger partial charge in [-0.1, -0.05) is 0 Å². The second kappa shape index (κ2) is 3.47. The SMILES string of the molecule is CC(C)(O)C[S+]([O-])c1ncc[nH]1. The van der Waals surface area contributed by atoms with Crippen molar-refractivity contribution < 1.29 is 9.66 Å². The van der Waals surface area contributed by atoms with Gasteiger partial charge in [0, 0.05) is 23.6 Å². The number of aromatic amines is 1. The number of nitrogens with zero attached hydrogens (tertiary/aromatic N) is 1. The van der Waals surface area contributed by atoms with Crippen molar-refractivity contribution in [3.05, 3.63) is 12.4 Å². The summed E-state index contributed by atoms with van der Waals surface area (Å²) in [6.07, 6.45) is 3.15. The molecule has 1 aromatic heterocycles. The molecule has 68 valence electrons. The lowest BCUT2D eigenvalue weighted by atomic mass is 10.2. The molecule has 0 radical (unpaired) electrons. The van der Waals surface area contributed by atoms with Gasteiger partial charge in [-0.3, -0.25) is 0 Å². The minimum Gasteiger partial charge on any atom is -0.609 e. The van der Waals surface area contributed by atoms with Crippen LogP contribution in [0.15, 0.2) is 17.6 Å². The van der Waals surface area contributed by atoms with E-state index in [0.29, 0.717) is 5.16 Å². The standard InChI is InChI=1S/C7H12N2O2S/c1-7(2,10)5-12(11)6-8-3-4-9-6/h3-4,10H,5H2,1-2H3,(H,8,9). The molecule has 0 aliphatic rings. The first-order valence-electron chi connectivity index (χ1n) is 3.59. The maximum Gasteiger partial charge on any atom is 0.320 e. The van der Waals surface area contributed by atoms with Crippen LogP contribution in [0.25, 0.3) is 0 Å². The maximum atomic E-state index is 11.4. The quantitative estimate of drug-likeness (QED) is 0.669. The number of hydrogen-bond acceptors (Lipinski definition) is 3. The molecule has 4 nitrogen and oxygen atoms in total. The lowest BCUT2D eigenvalue weighted by molar-refractivity contribution is 0.105. The smallest absolute Gasteiger partial charge is 0.320 e. The Balaban J connectivity index is 2.56. The first kappa shape index (κ1) is 9.57. The van der Waals surface area contributed by atoms with Crippen molar-refractivity contribution in [3.8, 4) is 0 Å². The van der Waals surface area contributed by atoms with E-state index in [0.717, 1.165) is 0 Å². The Morgan fingerprint density at radius 2 is 2.42 bits per heavy atom. The molecule has 0 bridgehead atoms. The summed E-state index contributed by atoms with van der Waals surface area (Å²) in [6, 6.07) is 0. The van der Waals surface area contributed by atoms with Crippen LogP contribution in [0.5, 0.6) is 0 Å². The van der Waals surface area contributed by atoms with E-state index in [2.05, 4.69) is 9.97 Å². The molecule has 0 amide bonds. The lowest BCUT2D eigenvalue weighted by Crippen LogP contribution is -2.30. The molecular formula is C7H12N2O2S. The zero-order valence-corrected chi connectivity index (χ0v) is 7.89. The van der Waals surface area contributed by atoms with Gasteiger partial charge in [0.25, 0.3) is 0 Å². The largest absolute Gasteiger partial charge is 0.609 e. The second-order valence-corrected chi connectivity index (χ2v) is 4.56. The molecule has 0 aliphatic heterocycles. The van der Waals surface area contributed by atoms with Gasteiger partial charge in [0.05, 0.1) is 0 Å². The van der Waals surface area contributed by atoms with Crippen LogP contribution in [0.4, 0.5) is 0 Å². The maximum absolute atomic E-state index is 11.4. The Morgan fingerprint density at radius 1 is 1.75 bits per heavy atom. The summed E-state index contributed by atoms with van der Waals surface area (Å²) in [6.45, 7) is 3.24. The van der Waals surface area contributed by atoms with Crippen molar-refractivity contribution in [3.63, 3.8) is 0 Å². The third-order valence-electron chi connectivity index (χ3n) is 1.17. The van der Waals surface area contributed by atoms with Gasteiger partial charge in [0.15, 0.2) is 0 Å². The average molecular weight is 188 g/mol. The predicted molar refractivity (Wildman–Crippen MR) is 46.2 cm³/mol. The molecule has 1 rings (SSSR count). The van der Waals surface area contributed by atoms with Gasteiger partial charge in [-0.15, -0.1) is 0 Å². The van der Waals surface area contributed by atoms with E-state index in [-0.39, 0.29) is 5.75 Å². The molecule has 0 saturated carbocycles. The van der Waals surface area contributed by atoms with Crippen molar-refractivity contribution in [1.29, 1.82) is 0 Å². The fourth-order valence-electron chi connectivity index (χ4n) is 0.764. The highest BCUT2D eigenvalue weighted by Gasteiger charge is 2.24. The van der Waals surface area contributed by atoms with Gasteiger partial charge in [-0.25, -0.2) is 0 Å². The van der Waals surface area contributed by atoms with Crippen LogP contribution in [-0.4, -0.2) is 31.0 Å². The van der Waals surface area contributed by atoms with E-state index in [4.69, 9.17) is 0 Å². The topological polar surface area (TPSA) is 72.0 Å². The number of imidazole rings is 1. The first-order chi connectivity index (χ1) is 5.49. The van der Waals surface area contributed by atoms with Crippen molar-refractivity contribution in [1.82, 2.24) is 9.97 Å². The number of hydrogen-bond donors (Lipinski definition) is 2. The van der Waals surface area contributed by atoms with Crippen LogP contribution in [0.3, 0.4) is 0 Å². The molecular weight excluding hydrogens is 176 g/mol. The Labute approximate surface area is 74.2 Å². The summed E-state index contributed by atoms with van der Waals surface area (Å²) in [7, 11) is 0. The monoisotopic (exact) mass is 188 g/mol. The first-order valence-corrected chi connectivity index (χ1v) is 4.91. The van der Waals surface area contributed by atoms with Crippen LogP contribution in [0, 0.1) is 0 Å². The van der Waals surface area contributed by atoms with E-state index < -0.39 is 16.8 Å². The Morgan fingerprint density at radius 3 is 2.83 bits per heavy atom. The minimum absolute atomic E-state index is 0.195. The third kappa shape index (κ3) is 2.84. The molecule has 0 fully saturated rings. The van der Waals surface area contributed by atoms with Crippen molar-refractivity contribution >= 4 is 11.2 Å². The van der Waals surface area contributed by atoms with Gasteiger partial charge >= 0.3 is 5.16 Å². The highest BCUT2D eigenvalue weighted by Crippen LogP contribution is 2.11. The minimum atomic E-state index is -1.24. The normalized spacial score (nSPS) is 14.7. The molecule has 1 aromatic rings. The predicted octanol–water partition coefficient (Wildman–Crippen LogP) is 0.288. The Bertz CT molecular complexity index is 230. The van der Waals surface area contributed by atoms with Gasteiger partial charge in [0.1, 0.15) is 11.4 Å². The number of H-pyrrole nitrogens is 1. The van der Waals surface area contributed by atoms with Crippen LogP contribution in [0.1, 0.15) is 13.8 Å². The molecule has 0 saturated heterocycles. The summed E-state index contributed by atoms with van der Waals surface area (Å²) in [5.41, 5.74) is -0.919. The van der Waals surface area contributed by atoms with Crippen molar-refractivity contribution in [2.75, 3.05) is 5.75 Å². The highest BCUT2D eigenvalue weighted by molar-refractivity contribution is 7.91.